The van der Waals surface area contributed by atoms with Gasteiger partial charge < -0.3 is 15.0 Å². The predicted molar refractivity (Wildman–Crippen MR) is 94.7 cm³/mol. The lowest BCUT2D eigenvalue weighted by Crippen LogP contribution is -2.45. The molecule has 0 aliphatic carbocycles. The summed E-state index contributed by atoms with van der Waals surface area (Å²) < 4.78 is 5.38. The molecule has 0 radical (unpaired) electrons. The van der Waals surface area contributed by atoms with E-state index in [2.05, 4.69) is 10.3 Å². The third-order valence-corrected chi connectivity index (χ3v) is 3.87. The Morgan fingerprint density at radius 2 is 2.12 bits per heavy atom. The number of pyridine rings is 1. The fourth-order valence-corrected chi connectivity index (χ4v) is 2.54. The maximum atomic E-state index is 12.3. The van der Waals surface area contributed by atoms with Crippen LogP contribution >= 0.6 is 0 Å². The average molecular weight is 340 g/mol. The largest absolute Gasteiger partial charge is 0.482 e. The zero-order valence-electron chi connectivity index (χ0n) is 14.2. The van der Waals surface area contributed by atoms with Gasteiger partial charge in [0.2, 0.25) is 5.91 Å². The van der Waals surface area contributed by atoms with Crippen molar-refractivity contribution in [3.63, 3.8) is 0 Å². The number of rotatable bonds is 5. The summed E-state index contributed by atoms with van der Waals surface area (Å²) in [6.07, 6.45) is 1.71. The van der Waals surface area contributed by atoms with Crippen LogP contribution in [0.3, 0.4) is 0 Å². The summed E-state index contributed by atoms with van der Waals surface area (Å²) in [5.74, 6) is 0.976. The summed E-state index contributed by atoms with van der Waals surface area (Å²) >= 11 is 0. The minimum Gasteiger partial charge on any atom is -0.482 e. The second kappa shape index (κ2) is 7.21. The first-order valence-corrected chi connectivity index (χ1v) is 7.96. The molecule has 1 aliphatic heterocycles. The Balaban J connectivity index is 1.63. The molecular weight excluding hydrogens is 320 g/mol. The number of benzene rings is 1. The molecule has 1 aromatic heterocycles. The van der Waals surface area contributed by atoms with Crippen molar-refractivity contribution in [3.8, 4) is 5.75 Å². The van der Waals surface area contributed by atoms with E-state index in [9.17, 15) is 9.59 Å². The van der Waals surface area contributed by atoms with E-state index in [1.165, 1.54) is 4.90 Å². The van der Waals surface area contributed by atoms with Crippen LogP contribution in [0.5, 0.6) is 5.75 Å². The molecule has 1 aliphatic rings. The molecule has 130 valence electrons. The summed E-state index contributed by atoms with van der Waals surface area (Å²) in [4.78, 5) is 32.0. The third-order valence-electron chi connectivity index (χ3n) is 3.87. The van der Waals surface area contributed by atoms with Crippen LogP contribution in [0.25, 0.3) is 0 Å². The number of carbonyl (C=O) groups is 2. The van der Waals surface area contributed by atoms with Crippen molar-refractivity contribution in [2.45, 2.75) is 6.54 Å². The number of ether oxygens (including phenoxy) is 1. The molecule has 2 amide bonds. The number of para-hydroxylation sites is 2. The van der Waals surface area contributed by atoms with Gasteiger partial charge in [-0.05, 0) is 29.8 Å². The van der Waals surface area contributed by atoms with Gasteiger partial charge in [-0.15, -0.1) is 0 Å². The van der Waals surface area contributed by atoms with Gasteiger partial charge >= 0.3 is 0 Å². The van der Waals surface area contributed by atoms with Gasteiger partial charge in [-0.2, -0.15) is 0 Å². The number of anilines is 2. The lowest BCUT2D eigenvalue weighted by Gasteiger charge is -2.28. The summed E-state index contributed by atoms with van der Waals surface area (Å²) in [6.45, 7) is 0.286. The van der Waals surface area contributed by atoms with Gasteiger partial charge in [0.05, 0.1) is 5.69 Å². The number of fused-ring (bicyclic) bond motifs is 1. The molecule has 7 heteroatoms. The molecule has 1 aromatic carbocycles. The fraction of sp³-hybridized carbons (Fsp3) is 0.278. The lowest BCUT2D eigenvalue weighted by molar-refractivity contribution is -0.125. The number of amides is 2. The molecule has 0 spiro atoms. The first kappa shape index (κ1) is 16.8. The molecule has 0 atom stereocenters. The van der Waals surface area contributed by atoms with Crippen LogP contribution in [-0.4, -0.2) is 44.0 Å². The lowest BCUT2D eigenvalue weighted by atomic mass is 10.2. The molecule has 3 rings (SSSR count). The summed E-state index contributed by atoms with van der Waals surface area (Å²) in [7, 11) is 3.82. The maximum absolute atomic E-state index is 12.3. The summed E-state index contributed by atoms with van der Waals surface area (Å²) in [5.41, 5.74) is 1.56. The fourth-order valence-electron chi connectivity index (χ4n) is 2.54. The van der Waals surface area contributed by atoms with Crippen LogP contribution in [-0.2, 0) is 16.1 Å². The third kappa shape index (κ3) is 3.88. The smallest absolute Gasteiger partial charge is 0.265 e. The van der Waals surface area contributed by atoms with Crippen molar-refractivity contribution >= 4 is 23.3 Å². The Hall–Kier alpha value is -3.09. The van der Waals surface area contributed by atoms with E-state index >= 15 is 0 Å². The Bertz CT molecular complexity index is 791. The van der Waals surface area contributed by atoms with Gasteiger partial charge in [0, 0.05) is 26.8 Å². The van der Waals surface area contributed by atoms with Gasteiger partial charge in [0.1, 0.15) is 18.1 Å². The van der Waals surface area contributed by atoms with Gasteiger partial charge in [-0.1, -0.05) is 12.1 Å². The molecule has 0 saturated heterocycles. The Morgan fingerprint density at radius 3 is 2.92 bits per heavy atom. The molecule has 2 heterocycles. The van der Waals surface area contributed by atoms with Crippen LogP contribution in [0.1, 0.15) is 5.56 Å². The van der Waals surface area contributed by atoms with Crippen molar-refractivity contribution in [2.24, 2.45) is 0 Å². The average Bonchev–Trinajstić information content (AvgIpc) is 2.62. The highest BCUT2D eigenvalue weighted by atomic mass is 16.5. The van der Waals surface area contributed by atoms with E-state index in [1.54, 1.807) is 18.3 Å². The van der Waals surface area contributed by atoms with E-state index < -0.39 is 0 Å². The Labute approximate surface area is 146 Å². The number of hydrogen-bond acceptors (Lipinski definition) is 5. The first-order valence-electron chi connectivity index (χ1n) is 7.96. The van der Waals surface area contributed by atoms with Crippen LogP contribution in [0.4, 0.5) is 11.5 Å². The standard InChI is InChI=1S/C18H20N4O3/c1-21(2)16-9-13(7-8-19-16)10-20-17(23)11-22-14-5-3-4-6-15(14)25-12-18(22)24/h3-9H,10-12H2,1-2H3,(H,20,23). The second-order valence-corrected chi connectivity index (χ2v) is 5.93. The quantitative estimate of drug-likeness (QED) is 0.885. The van der Waals surface area contributed by atoms with Crippen LogP contribution < -0.4 is 19.9 Å². The van der Waals surface area contributed by atoms with Crippen molar-refractivity contribution in [1.29, 1.82) is 0 Å². The highest BCUT2D eigenvalue weighted by Crippen LogP contribution is 2.31. The molecule has 0 unspecified atom stereocenters. The van der Waals surface area contributed by atoms with E-state index in [4.69, 9.17) is 4.74 Å². The molecule has 2 aromatic rings. The molecule has 7 nitrogen and oxygen atoms in total. The number of aromatic nitrogens is 1. The monoisotopic (exact) mass is 340 g/mol. The van der Waals surface area contributed by atoms with E-state index in [-0.39, 0.29) is 25.0 Å². The van der Waals surface area contributed by atoms with Crippen molar-refractivity contribution in [2.75, 3.05) is 37.0 Å². The van der Waals surface area contributed by atoms with Crippen molar-refractivity contribution in [1.82, 2.24) is 10.3 Å². The van der Waals surface area contributed by atoms with Crippen LogP contribution in [0, 0.1) is 0 Å². The number of carbonyl (C=O) groups excluding carboxylic acids is 2. The summed E-state index contributed by atoms with van der Waals surface area (Å²) in [5, 5.41) is 2.84. The highest BCUT2D eigenvalue weighted by Gasteiger charge is 2.26. The molecule has 0 fully saturated rings. The maximum Gasteiger partial charge on any atom is 0.265 e. The number of nitrogens with zero attached hydrogens (tertiary/aromatic N) is 3. The predicted octanol–water partition coefficient (Wildman–Crippen LogP) is 1.19. The van der Waals surface area contributed by atoms with E-state index in [1.807, 2.05) is 43.3 Å². The number of nitrogens with one attached hydrogen (secondary N) is 1. The topological polar surface area (TPSA) is 74.8 Å². The minimum absolute atomic E-state index is 0.0369. The second-order valence-electron chi connectivity index (χ2n) is 5.93. The van der Waals surface area contributed by atoms with Crippen molar-refractivity contribution < 1.29 is 14.3 Å². The normalized spacial score (nSPS) is 13.0. The zero-order chi connectivity index (χ0) is 17.8. The molecule has 0 saturated carbocycles. The van der Waals surface area contributed by atoms with Crippen molar-refractivity contribution in [3.05, 3.63) is 48.2 Å². The van der Waals surface area contributed by atoms with Crippen LogP contribution in [0.15, 0.2) is 42.6 Å². The molecule has 0 bridgehead atoms. The van der Waals surface area contributed by atoms with E-state index in [0.717, 1.165) is 11.4 Å². The van der Waals surface area contributed by atoms with Crippen LogP contribution in [0.2, 0.25) is 0 Å². The minimum atomic E-state index is -0.229. The molecule has 1 N–H and O–H groups in total. The highest BCUT2D eigenvalue weighted by molar-refractivity contribution is 6.02. The first-order chi connectivity index (χ1) is 12.0. The number of hydrogen-bond donors (Lipinski definition) is 1. The Kier molecular flexibility index (Phi) is 4.83. The van der Waals surface area contributed by atoms with Gasteiger partial charge in [0.15, 0.2) is 6.61 Å². The summed E-state index contributed by atoms with van der Waals surface area (Å²) in [6, 6.07) is 11.0. The van der Waals surface area contributed by atoms with Gasteiger partial charge in [-0.25, -0.2) is 4.98 Å². The zero-order valence-corrected chi connectivity index (χ0v) is 14.2. The van der Waals surface area contributed by atoms with Gasteiger partial charge in [0.25, 0.3) is 5.91 Å². The molecule has 25 heavy (non-hydrogen) atoms. The van der Waals surface area contributed by atoms with Gasteiger partial charge in [-0.3, -0.25) is 14.5 Å². The molecular formula is C18H20N4O3. The Morgan fingerprint density at radius 1 is 1.32 bits per heavy atom. The SMILES string of the molecule is CN(C)c1cc(CNC(=O)CN2C(=O)COc3ccccc32)ccn1. The van der Waals surface area contributed by atoms with E-state index in [0.29, 0.717) is 18.0 Å².